The van der Waals surface area contributed by atoms with E-state index in [1.165, 1.54) is 12.1 Å². The Hall–Kier alpha value is -0.370. The van der Waals surface area contributed by atoms with Crippen molar-refractivity contribution >= 4 is 33.2 Å². The Morgan fingerprint density at radius 1 is 1.29 bits per heavy atom. The Morgan fingerprint density at radius 3 is 2.57 bits per heavy atom. The summed E-state index contributed by atoms with van der Waals surface area (Å²) in [4.78, 5) is -0.104. The normalized spacial score (nSPS) is 17.1. The smallest absolute Gasteiger partial charge is 0.242 e. The fourth-order valence-electron chi connectivity index (χ4n) is 2.18. The summed E-state index contributed by atoms with van der Waals surface area (Å²) in [5, 5.41) is 9.41. The predicted octanol–water partition coefficient (Wildman–Crippen LogP) is 2.19. The van der Waals surface area contributed by atoms with Crippen LogP contribution in [-0.2, 0) is 21.4 Å². The van der Waals surface area contributed by atoms with Crippen molar-refractivity contribution in [3.8, 4) is 0 Å². The van der Waals surface area contributed by atoms with Crippen molar-refractivity contribution < 1.29 is 18.3 Å². The van der Waals surface area contributed by atoms with Crippen LogP contribution in [0.25, 0.3) is 0 Å². The molecule has 118 valence electrons. The molecule has 0 bridgehead atoms. The maximum atomic E-state index is 12.3. The first kappa shape index (κ1) is 17.0. The van der Waals surface area contributed by atoms with E-state index in [-0.39, 0.29) is 33.0 Å². The first-order valence-electron chi connectivity index (χ1n) is 6.60. The Morgan fingerprint density at radius 2 is 1.95 bits per heavy atom. The number of ether oxygens (including phenoxy) is 1. The lowest BCUT2D eigenvalue weighted by Crippen LogP contribution is -2.32. The van der Waals surface area contributed by atoms with Gasteiger partial charge in [-0.3, -0.25) is 0 Å². The number of halogens is 2. The standard InChI is InChI=1S/C13H17Cl2NO4S/c14-11-5-10(8-17)13(15)12(6-11)21(18,19)16-7-9-1-3-20-4-2-9/h5-6,9,16-17H,1-4,7-8H2. The monoisotopic (exact) mass is 353 g/mol. The lowest BCUT2D eigenvalue weighted by Gasteiger charge is -2.22. The summed E-state index contributed by atoms with van der Waals surface area (Å²) in [5.74, 6) is 0.254. The number of nitrogens with one attached hydrogen (secondary N) is 1. The fraction of sp³-hybridized carbons (Fsp3) is 0.538. The molecule has 0 atom stereocenters. The van der Waals surface area contributed by atoms with Gasteiger partial charge in [-0.1, -0.05) is 23.2 Å². The van der Waals surface area contributed by atoms with Crippen LogP contribution < -0.4 is 4.72 Å². The lowest BCUT2D eigenvalue weighted by atomic mass is 10.0. The molecular weight excluding hydrogens is 337 g/mol. The zero-order valence-corrected chi connectivity index (χ0v) is 13.6. The zero-order valence-electron chi connectivity index (χ0n) is 11.3. The number of aliphatic hydroxyl groups is 1. The minimum absolute atomic E-state index is 0.00128. The third-order valence-corrected chi connectivity index (χ3v) is 5.67. The number of sulfonamides is 1. The van der Waals surface area contributed by atoms with Crippen LogP contribution in [0.4, 0.5) is 0 Å². The third kappa shape index (κ3) is 4.31. The van der Waals surface area contributed by atoms with Crippen LogP contribution >= 0.6 is 23.2 Å². The molecule has 0 aromatic heterocycles. The topological polar surface area (TPSA) is 75.6 Å². The maximum Gasteiger partial charge on any atom is 0.242 e. The zero-order chi connectivity index (χ0) is 15.5. The van der Waals surface area contributed by atoms with Gasteiger partial charge < -0.3 is 9.84 Å². The molecule has 1 aliphatic rings. The van der Waals surface area contributed by atoms with Crippen molar-refractivity contribution in [3.05, 3.63) is 27.7 Å². The van der Waals surface area contributed by atoms with Gasteiger partial charge in [-0.25, -0.2) is 13.1 Å². The highest BCUT2D eigenvalue weighted by Gasteiger charge is 2.23. The van der Waals surface area contributed by atoms with Gasteiger partial charge in [0.1, 0.15) is 4.90 Å². The average Bonchev–Trinajstić information content (AvgIpc) is 2.48. The molecule has 0 amide bonds. The predicted molar refractivity (Wildman–Crippen MR) is 81.1 cm³/mol. The molecule has 1 saturated heterocycles. The molecule has 0 spiro atoms. The van der Waals surface area contributed by atoms with Gasteiger partial charge in [0.15, 0.2) is 0 Å². The quantitative estimate of drug-likeness (QED) is 0.850. The van der Waals surface area contributed by atoms with E-state index >= 15 is 0 Å². The van der Waals surface area contributed by atoms with Gasteiger partial charge in [-0.15, -0.1) is 0 Å². The third-order valence-electron chi connectivity index (χ3n) is 3.44. The number of benzene rings is 1. The Bertz CT molecular complexity index is 600. The van der Waals surface area contributed by atoms with Crippen molar-refractivity contribution in [2.45, 2.75) is 24.3 Å². The first-order chi connectivity index (χ1) is 9.94. The summed E-state index contributed by atoms with van der Waals surface area (Å²) in [6.45, 7) is 1.27. The molecule has 0 aliphatic carbocycles. The molecule has 5 nitrogen and oxygen atoms in total. The van der Waals surface area contributed by atoms with Crippen molar-refractivity contribution in [1.29, 1.82) is 0 Å². The highest BCUT2D eigenvalue weighted by molar-refractivity contribution is 7.89. The summed E-state index contributed by atoms with van der Waals surface area (Å²) in [6, 6.07) is 2.73. The number of hydrogen-bond acceptors (Lipinski definition) is 4. The van der Waals surface area contributed by atoms with Gasteiger partial charge in [0.2, 0.25) is 10.0 Å². The number of hydrogen-bond donors (Lipinski definition) is 2. The number of rotatable bonds is 5. The summed E-state index contributed by atoms with van der Waals surface area (Å²) in [7, 11) is -3.76. The van der Waals surface area contributed by atoms with Crippen LogP contribution in [0.3, 0.4) is 0 Å². The van der Waals surface area contributed by atoms with Crippen molar-refractivity contribution in [3.63, 3.8) is 0 Å². The number of aliphatic hydroxyl groups excluding tert-OH is 1. The second-order valence-corrected chi connectivity index (χ2v) is 7.49. The summed E-state index contributed by atoms with van der Waals surface area (Å²) in [6.07, 6.45) is 1.65. The molecule has 2 rings (SSSR count). The van der Waals surface area contributed by atoms with E-state index in [4.69, 9.17) is 27.9 Å². The van der Waals surface area contributed by atoms with E-state index in [1.807, 2.05) is 0 Å². The molecule has 1 heterocycles. The molecule has 1 aromatic carbocycles. The van der Waals surface area contributed by atoms with Gasteiger partial charge in [0.05, 0.1) is 11.6 Å². The second kappa shape index (κ2) is 7.26. The van der Waals surface area contributed by atoms with Gasteiger partial charge in [0, 0.05) is 24.8 Å². The van der Waals surface area contributed by atoms with E-state index < -0.39 is 10.0 Å². The Kier molecular flexibility index (Phi) is 5.88. The minimum Gasteiger partial charge on any atom is -0.392 e. The van der Waals surface area contributed by atoms with Crippen LogP contribution in [-0.4, -0.2) is 33.3 Å². The summed E-state index contributed by atoms with van der Waals surface area (Å²) >= 11 is 11.9. The van der Waals surface area contributed by atoms with Crippen LogP contribution in [0.1, 0.15) is 18.4 Å². The van der Waals surface area contributed by atoms with Crippen molar-refractivity contribution in [1.82, 2.24) is 4.72 Å². The average molecular weight is 354 g/mol. The van der Waals surface area contributed by atoms with Crippen molar-refractivity contribution in [2.75, 3.05) is 19.8 Å². The van der Waals surface area contributed by atoms with Crippen molar-refractivity contribution in [2.24, 2.45) is 5.92 Å². The molecule has 21 heavy (non-hydrogen) atoms. The van der Waals surface area contributed by atoms with Gasteiger partial charge in [-0.05, 0) is 36.5 Å². The molecule has 0 saturated carbocycles. The van der Waals surface area contributed by atoms with Crippen LogP contribution in [0, 0.1) is 5.92 Å². The van der Waals surface area contributed by atoms with E-state index in [0.717, 1.165) is 12.8 Å². The molecule has 1 fully saturated rings. The van der Waals surface area contributed by atoms with E-state index in [9.17, 15) is 13.5 Å². The largest absolute Gasteiger partial charge is 0.392 e. The summed E-state index contributed by atoms with van der Waals surface area (Å²) in [5.41, 5.74) is 0.288. The van der Waals surface area contributed by atoms with Crippen LogP contribution in [0.2, 0.25) is 10.0 Å². The second-order valence-electron chi connectivity index (χ2n) is 4.94. The SMILES string of the molecule is O=S(=O)(NCC1CCOCC1)c1cc(Cl)cc(CO)c1Cl. The minimum atomic E-state index is -3.76. The van der Waals surface area contributed by atoms with Gasteiger partial charge in [0.25, 0.3) is 0 Å². The molecule has 0 unspecified atom stereocenters. The Balaban J connectivity index is 2.17. The molecule has 0 radical (unpaired) electrons. The molecule has 1 aliphatic heterocycles. The molecular formula is C13H17Cl2NO4S. The molecule has 1 aromatic rings. The lowest BCUT2D eigenvalue weighted by molar-refractivity contribution is 0.0678. The molecule has 2 N–H and O–H groups in total. The maximum absolute atomic E-state index is 12.3. The Labute approximate surface area is 134 Å². The highest BCUT2D eigenvalue weighted by atomic mass is 35.5. The first-order valence-corrected chi connectivity index (χ1v) is 8.84. The highest BCUT2D eigenvalue weighted by Crippen LogP contribution is 2.29. The van der Waals surface area contributed by atoms with Crippen LogP contribution in [0.15, 0.2) is 17.0 Å². The van der Waals surface area contributed by atoms with Gasteiger partial charge in [-0.2, -0.15) is 0 Å². The van der Waals surface area contributed by atoms with E-state index in [0.29, 0.717) is 19.8 Å². The fourth-order valence-corrected chi connectivity index (χ4v) is 4.22. The summed E-state index contributed by atoms with van der Waals surface area (Å²) < 4.78 is 32.5. The molecule has 8 heteroatoms. The van der Waals surface area contributed by atoms with E-state index in [2.05, 4.69) is 4.72 Å². The van der Waals surface area contributed by atoms with Crippen LogP contribution in [0.5, 0.6) is 0 Å². The van der Waals surface area contributed by atoms with Gasteiger partial charge >= 0.3 is 0 Å². The van der Waals surface area contributed by atoms with E-state index in [1.54, 1.807) is 0 Å².